The number of halogens is 1. The van der Waals surface area contributed by atoms with Gasteiger partial charge in [0.15, 0.2) is 0 Å². The lowest BCUT2D eigenvalue weighted by atomic mass is 9.92. The first-order valence-corrected chi connectivity index (χ1v) is 6.80. The van der Waals surface area contributed by atoms with Gasteiger partial charge in [0.05, 0.1) is 30.1 Å². The molecule has 5 heteroatoms. The van der Waals surface area contributed by atoms with E-state index in [0.717, 1.165) is 19.4 Å². The summed E-state index contributed by atoms with van der Waals surface area (Å²) in [4.78, 5) is 4.10. The Balaban J connectivity index is 2.09. The molecule has 0 bridgehead atoms. The van der Waals surface area contributed by atoms with Crippen LogP contribution in [0.1, 0.15) is 31.9 Å². The van der Waals surface area contributed by atoms with Crippen LogP contribution in [0.25, 0.3) is 0 Å². The number of aromatic nitrogens is 1. The van der Waals surface area contributed by atoms with Gasteiger partial charge in [0, 0.05) is 13.2 Å². The van der Waals surface area contributed by atoms with E-state index in [1.54, 1.807) is 6.07 Å². The lowest BCUT2D eigenvalue weighted by Crippen LogP contribution is -2.48. The van der Waals surface area contributed by atoms with Gasteiger partial charge < -0.3 is 15.2 Å². The van der Waals surface area contributed by atoms with E-state index in [1.165, 1.54) is 12.3 Å². The molecule has 1 saturated heterocycles. The van der Waals surface area contributed by atoms with Crippen LogP contribution in [0, 0.1) is 5.82 Å². The largest absolute Gasteiger partial charge is 0.394 e. The second kappa shape index (κ2) is 6.41. The van der Waals surface area contributed by atoms with Crippen LogP contribution in [0.3, 0.4) is 0 Å². The van der Waals surface area contributed by atoms with Gasteiger partial charge in [-0.25, -0.2) is 4.39 Å². The van der Waals surface area contributed by atoms with Crippen molar-refractivity contribution in [2.75, 3.05) is 19.8 Å². The fraction of sp³-hybridized carbons (Fsp3) is 0.643. The number of hydrogen-bond donors (Lipinski definition) is 2. The average molecular weight is 268 g/mol. The molecule has 2 rings (SSSR count). The second-order valence-electron chi connectivity index (χ2n) is 4.97. The summed E-state index contributed by atoms with van der Waals surface area (Å²) in [6, 6.07) is 2.99. The Hall–Kier alpha value is -1.04. The molecule has 19 heavy (non-hydrogen) atoms. The summed E-state index contributed by atoms with van der Waals surface area (Å²) in [5, 5.41) is 13.1. The normalized spacial score (nSPS) is 22.4. The maximum absolute atomic E-state index is 12.9. The Bertz CT molecular complexity index is 387. The topological polar surface area (TPSA) is 54.4 Å². The fourth-order valence-electron chi connectivity index (χ4n) is 2.42. The van der Waals surface area contributed by atoms with Gasteiger partial charge in [0.25, 0.3) is 0 Å². The molecule has 1 aromatic rings. The van der Waals surface area contributed by atoms with Crippen LogP contribution < -0.4 is 5.32 Å². The molecule has 2 heterocycles. The number of aliphatic hydroxyl groups excluding tert-OH is 1. The van der Waals surface area contributed by atoms with Gasteiger partial charge in [-0.3, -0.25) is 4.98 Å². The molecule has 0 radical (unpaired) electrons. The van der Waals surface area contributed by atoms with E-state index in [9.17, 15) is 9.50 Å². The predicted octanol–water partition coefficient (Wildman–Crippen LogP) is 1.59. The number of nitrogens with one attached hydrogen (secondary N) is 1. The van der Waals surface area contributed by atoms with Crippen molar-refractivity contribution in [3.05, 3.63) is 29.8 Å². The van der Waals surface area contributed by atoms with E-state index in [-0.39, 0.29) is 18.5 Å². The van der Waals surface area contributed by atoms with Crippen LogP contribution in [-0.4, -0.2) is 36.0 Å². The zero-order chi connectivity index (χ0) is 13.7. The quantitative estimate of drug-likeness (QED) is 0.822. The molecular formula is C14H21FN2O2. The van der Waals surface area contributed by atoms with E-state index in [0.29, 0.717) is 18.7 Å². The zero-order valence-electron chi connectivity index (χ0n) is 11.2. The molecule has 0 amide bonds. The Morgan fingerprint density at radius 1 is 1.58 bits per heavy atom. The van der Waals surface area contributed by atoms with Crippen LogP contribution in [0.4, 0.5) is 4.39 Å². The van der Waals surface area contributed by atoms with E-state index in [4.69, 9.17) is 4.74 Å². The molecule has 106 valence electrons. The third-order valence-corrected chi connectivity index (χ3v) is 3.78. The maximum atomic E-state index is 12.9. The highest BCUT2D eigenvalue weighted by atomic mass is 19.1. The second-order valence-corrected chi connectivity index (χ2v) is 4.97. The molecule has 2 atom stereocenters. The highest BCUT2D eigenvalue weighted by Gasteiger charge is 2.32. The Labute approximate surface area is 113 Å². The SMILES string of the molecule is CCC(CO)(NCC1CCCO1)c1ccc(F)cn1. The number of hydrogen-bond acceptors (Lipinski definition) is 4. The molecule has 0 aliphatic carbocycles. The number of aliphatic hydroxyl groups is 1. The summed E-state index contributed by atoms with van der Waals surface area (Å²) in [6.07, 6.45) is 4.17. The molecular weight excluding hydrogens is 247 g/mol. The van der Waals surface area contributed by atoms with E-state index in [2.05, 4.69) is 10.3 Å². The van der Waals surface area contributed by atoms with Gasteiger partial charge in [0.1, 0.15) is 5.82 Å². The molecule has 0 spiro atoms. The minimum atomic E-state index is -0.625. The number of ether oxygens (including phenoxy) is 1. The first-order valence-electron chi connectivity index (χ1n) is 6.80. The van der Waals surface area contributed by atoms with Crippen molar-refractivity contribution in [2.24, 2.45) is 0 Å². The molecule has 4 nitrogen and oxygen atoms in total. The first kappa shape index (κ1) is 14.4. The van der Waals surface area contributed by atoms with Gasteiger partial charge in [-0.2, -0.15) is 0 Å². The highest BCUT2D eigenvalue weighted by molar-refractivity contribution is 5.16. The van der Waals surface area contributed by atoms with Gasteiger partial charge in [0.2, 0.25) is 0 Å². The third-order valence-electron chi connectivity index (χ3n) is 3.78. The average Bonchev–Trinajstić information content (AvgIpc) is 2.95. The minimum Gasteiger partial charge on any atom is -0.394 e. The van der Waals surface area contributed by atoms with E-state index in [1.807, 2.05) is 6.92 Å². The summed E-state index contributed by atoms with van der Waals surface area (Å²) in [5.74, 6) is -0.370. The van der Waals surface area contributed by atoms with Crippen molar-refractivity contribution >= 4 is 0 Å². The Morgan fingerprint density at radius 2 is 2.42 bits per heavy atom. The molecule has 1 aliphatic rings. The minimum absolute atomic E-state index is 0.0746. The highest BCUT2D eigenvalue weighted by Crippen LogP contribution is 2.24. The van der Waals surface area contributed by atoms with Crippen molar-refractivity contribution in [3.8, 4) is 0 Å². The smallest absolute Gasteiger partial charge is 0.141 e. The standard InChI is InChI=1S/C14H21FN2O2/c1-2-14(10-18,13-6-5-11(15)8-16-13)17-9-12-4-3-7-19-12/h5-6,8,12,17-18H,2-4,7,9-10H2,1H3. The molecule has 0 aromatic carbocycles. The summed E-state index contributed by atoms with van der Waals surface area (Å²) < 4.78 is 18.5. The van der Waals surface area contributed by atoms with Crippen molar-refractivity contribution < 1.29 is 14.2 Å². The molecule has 0 saturated carbocycles. The number of nitrogens with zero attached hydrogens (tertiary/aromatic N) is 1. The molecule has 1 aliphatic heterocycles. The predicted molar refractivity (Wildman–Crippen MR) is 70.2 cm³/mol. The summed E-state index contributed by atoms with van der Waals surface area (Å²) in [7, 11) is 0. The first-order chi connectivity index (χ1) is 9.20. The van der Waals surface area contributed by atoms with Crippen LogP contribution >= 0.6 is 0 Å². The third kappa shape index (κ3) is 3.29. The van der Waals surface area contributed by atoms with Gasteiger partial charge in [-0.05, 0) is 31.4 Å². The summed E-state index contributed by atoms with van der Waals surface area (Å²) in [6.45, 7) is 3.38. The Morgan fingerprint density at radius 3 is 2.95 bits per heavy atom. The molecule has 2 unspecified atom stereocenters. The molecule has 2 N–H and O–H groups in total. The van der Waals surface area contributed by atoms with Crippen LogP contribution in [0.2, 0.25) is 0 Å². The monoisotopic (exact) mass is 268 g/mol. The van der Waals surface area contributed by atoms with Crippen LogP contribution in [-0.2, 0) is 10.3 Å². The lowest BCUT2D eigenvalue weighted by molar-refractivity contribution is 0.0845. The van der Waals surface area contributed by atoms with Crippen molar-refractivity contribution in [1.82, 2.24) is 10.3 Å². The van der Waals surface area contributed by atoms with Crippen LogP contribution in [0.5, 0.6) is 0 Å². The fourth-order valence-corrected chi connectivity index (χ4v) is 2.42. The zero-order valence-corrected chi connectivity index (χ0v) is 11.2. The lowest BCUT2D eigenvalue weighted by Gasteiger charge is -2.32. The van der Waals surface area contributed by atoms with Crippen molar-refractivity contribution in [3.63, 3.8) is 0 Å². The van der Waals surface area contributed by atoms with Crippen molar-refractivity contribution in [2.45, 2.75) is 37.8 Å². The van der Waals surface area contributed by atoms with E-state index >= 15 is 0 Å². The van der Waals surface area contributed by atoms with Crippen LogP contribution in [0.15, 0.2) is 18.3 Å². The Kier molecular flexibility index (Phi) is 4.85. The van der Waals surface area contributed by atoms with Gasteiger partial charge in [-0.1, -0.05) is 6.92 Å². The maximum Gasteiger partial charge on any atom is 0.141 e. The van der Waals surface area contributed by atoms with E-state index < -0.39 is 5.54 Å². The number of rotatable bonds is 6. The van der Waals surface area contributed by atoms with Crippen molar-refractivity contribution in [1.29, 1.82) is 0 Å². The molecule has 1 aromatic heterocycles. The summed E-state index contributed by atoms with van der Waals surface area (Å²) >= 11 is 0. The summed E-state index contributed by atoms with van der Waals surface area (Å²) in [5.41, 5.74) is 0.0384. The van der Waals surface area contributed by atoms with Gasteiger partial charge >= 0.3 is 0 Å². The number of pyridine rings is 1. The molecule has 1 fully saturated rings. The van der Waals surface area contributed by atoms with Gasteiger partial charge in [-0.15, -0.1) is 0 Å².